The summed E-state index contributed by atoms with van der Waals surface area (Å²) in [7, 11) is 0. The topological polar surface area (TPSA) is 49.3 Å². The van der Waals surface area contributed by atoms with Crippen molar-refractivity contribution < 1.29 is 36.2 Å². The first-order valence-corrected chi connectivity index (χ1v) is 4.75. The van der Waals surface area contributed by atoms with Gasteiger partial charge in [-0.15, -0.1) is 0 Å². The predicted molar refractivity (Wildman–Crippen MR) is 51.3 cm³/mol. The molecule has 0 fully saturated rings. The molecule has 0 bridgehead atoms. The van der Waals surface area contributed by atoms with Gasteiger partial charge in [-0.2, -0.15) is 26.3 Å². The fraction of sp³-hybridized carbons (Fsp3) is 0.300. The first kappa shape index (κ1) is 15.1. The molecule has 0 saturated carbocycles. The van der Waals surface area contributed by atoms with Crippen LogP contribution in [0.25, 0.3) is 0 Å². The summed E-state index contributed by atoms with van der Waals surface area (Å²) < 4.78 is 74.6. The summed E-state index contributed by atoms with van der Waals surface area (Å²) in [6, 6.07) is 0.903. The molecule has 0 aliphatic rings. The monoisotopic (exact) mass is 287 g/mol. The lowest BCUT2D eigenvalue weighted by Crippen LogP contribution is -2.21. The number of carboxylic acid groups (broad SMARTS) is 1. The number of nitrogens with one attached hydrogen (secondary N) is 1. The Kier molecular flexibility index (Phi) is 3.97. The molecule has 3 nitrogen and oxygen atoms in total. The second kappa shape index (κ2) is 4.98. The number of alkyl halides is 6. The van der Waals surface area contributed by atoms with Crippen LogP contribution in [0.1, 0.15) is 16.7 Å². The molecule has 9 heteroatoms. The third-order valence-corrected chi connectivity index (χ3v) is 2.09. The van der Waals surface area contributed by atoms with Gasteiger partial charge in [0.1, 0.15) is 0 Å². The Labute approximate surface area is 102 Å². The smallest absolute Gasteiger partial charge is 0.416 e. The van der Waals surface area contributed by atoms with Gasteiger partial charge in [0.05, 0.1) is 11.1 Å². The standard InChI is InChI=1S/C10H7F6NO2/c11-9(12,13)6-1-5(4-17-8(18)19)2-7(3-6)10(14,15)16/h1-3,17H,4H2,(H,18,19). The second-order valence-corrected chi connectivity index (χ2v) is 3.57. The number of benzene rings is 1. The first-order valence-electron chi connectivity index (χ1n) is 4.75. The van der Waals surface area contributed by atoms with Crippen molar-refractivity contribution in [1.29, 1.82) is 0 Å². The zero-order chi connectivity index (χ0) is 14.8. The second-order valence-electron chi connectivity index (χ2n) is 3.57. The molecule has 0 atom stereocenters. The lowest BCUT2D eigenvalue weighted by molar-refractivity contribution is -0.143. The normalized spacial score (nSPS) is 12.3. The van der Waals surface area contributed by atoms with E-state index in [0.29, 0.717) is 12.1 Å². The van der Waals surface area contributed by atoms with Crippen LogP contribution in [0.4, 0.5) is 31.1 Å². The summed E-state index contributed by atoms with van der Waals surface area (Å²) in [5, 5.41) is 9.98. The van der Waals surface area contributed by atoms with E-state index in [0.717, 1.165) is 0 Å². The van der Waals surface area contributed by atoms with E-state index < -0.39 is 41.7 Å². The molecule has 1 rings (SSSR count). The maximum Gasteiger partial charge on any atom is 0.416 e. The summed E-state index contributed by atoms with van der Waals surface area (Å²) in [5.41, 5.74) is -3.39. The summed E-state index contributed by atoms with van der Waals surface area (Å²) in [4.78, 5) is 10.2. The molecule has 19 heavy (non-hydrogen) atoms. The highest BCUT2D eigenvalue weighted by Crippen LogP contribution is 2.36. The summed E-state index contributed by atoms with van der Waals surface area (Å²) in [6.07, 6.45) is -11.4. The van der Waals surface area contributed by atoms with Crippen LogP contribution < -0.4 is 5.32 Å². The Morgan fingerprint density at radius 3 is 1.74 bits per heavy atom. The summed E-state index contributed by atoms with van der Waals surface area (Å²) in [5.74, 6) is 0. The molecular formula is C10H7F6NO2. The van der Waals surface area contributed by atoms with Crippen LogP contribution in [0, 0.1) is 0 Å². The van der Waals surface area contributed by atoms with Gasteiger partial charge in [-0.25, -0.2) is 4.79 Å². The Bertz CT molecular complexity index is 448. The molecule has 0 heterocycles. The van der Waals surface area contributed by atoms with E-state index in [1.165, 1.54) is 0 Å². The predicted octanol–water partition coefficient (Wildman–Crippen LogP) is 3.49. The molecule has 0 aliphatic carbocycles. The molecule has 0 aromatic heterocycles. The molecule has 1 aromatic carbocycles. The SMILES string of the molecule is O=C(O)NCc1cc(C(F)(F)F)cc(C(F)(F)F)c1. The van der Waals surface area contributed by atoms with Crippen molar-refractivity contribution in [3.05, 3.63) is 34.9 Å². The number of rotatable bonds is 2. The molecule has 0 saturated heterocycles. The molecular weight excluding hydrogens is 280 g/mol. The van der Waals surface area contributed by atoms with Crippen molar-refractivity contribution in [1.82, 2.24) is 5.32 Å². The summed E-state index contributed by atoms with van der Waals surface area (Å²) >= 11 is 0. The van der Waals surface area contributed by atoms with E-state index in [1.807, 2.05) is 0 Å². The largest absolute Gasteiger partial charge is 0.465 e. The number of amides is 1. The van der Waals surface area contributed by atoms with Crippen LogP contribution in [0.3, 0.4) is 0 Å². The van der Waals surface area contributed by atoms with E-state index in [-0.39, 0.29) is 6.07 Å². The van der Waals surface area contributed by atoms with Gasteiger partial charge in [0, 0.05) is 6.54 Å². The van der Waals surface area contributed by atoms with Crippen LogP contribution in [0.5, 0.6) is 0 Å². The zero-order valence-electron chi connectivity index (χ0n) is 9.06. The lowest BCUT2D eigenvalue weighted by atomic mass is 10.0. The fourth-order valence-corrected chi connectivity index (χ4v) is 1.30. The van der Waals surface area contributed by atoms with Crippen molar-refractivity contribution >= 4 is 6.09 Å². The van der Waals surface area contributed by atoms with Crippen molar-refractivity contribution in [3.63, 3.8) is 0 Å². The molecule has 1 amide bonds. The average Bonchev–Trinajstić information content (AvgIpc) is 2.23. The quantitative estimate of drug-likeness (QED) is 0.818. The zero-order valence-corrected chi connectivity index (χ0v) is 9.06. The van der Waals surface area contributed by atoms with Crippen molar-refractivity contribution in [2.45, 2.75) is 18.9 Å². The molecule has 106 valence electrons. The maximum absolute atomic E-state index is 12.4. The van der Waals surface area contributed by atoms with Gasteiger partial charge in [-0.05, 0) is 23.8 Å². The van der Waals surface area contributed by atoms with Crippen LogP contribution in [-0.2, 0) is 18.9 Å². The van der Waals surface area contributed by atoms with Gasteiger partial charge in [0.2, 0.25) is 0 Å². The molecule has 0 unspecified atom stereocenters. The highest BCUT2D eigenvalue weighted by Gasteiger charge is 2.36. The van der Waals surface area contributed by atoms with E-state index in [2.05, 4.69) is 0 Å². The van der Waals surface area contributed by atoms with Crippen LogP contribution in [0.15, 0.2) is 18.2 Å². The molecule has 0 aliphatic heterocycles. The molecule has 0 spiro atoms. The lowest BCUT2D eigenvalue weighted by Gasteiger charge is -2.14. The minimum absolute atomic E-state index is 0.0235. The van der Waals surface area contributed by atoms with Crippen molar-refractivity contribution in [2.24, 2.45) is 0 Å². The Morgan fingerprint density at radius 1 is 1.00 bits per heavy atom. The number of halogens is 6. The van der Waals surface area contributed by atoms with E-state index in [9.17, 15) is 31.1 Å². The molecule has 2 N–H and O–H groups in total. The first-order chi connectivity index (χ1) is 8.50. The van der Waals surface area contributed by atoms with E-state index in [4.69, 9.17) is 5.11 Å². The van der Waals surface area contributed by atoms with E-state index >= 15 is 0 Å². The van der Waals surface area contributed by atoms with Crippen molar-refractivity contribution in [2.75, 3.05) is 0 Å². The number of carbonyl (C=O) groups is 1. The third kappa shape index (κ3) is 4.34. The fourth-order valence-electron chi connectivity index (χ4n) is 1.30. The Balaban J connectivity index is 3.21. The number of hydrogen-bond acceptors (Lipinski definition) is 1. The minimum atomic E-state index is -4.95. The minimum Gasteiger partial charge on any atom is -0.465 e. The number of hydrogen-bond donors (Lipinski definition) is 2. The van der Waals surface area contributed by atoms with Crippen LogP contribution >= 0.6 is 0 Å². The van der Waals surface area contributed by atoms with E-state index in [1.54, 1.807) is 5.32 Å². The van der Waals surface area contributed by atoms with Gasteiger partial charge >= 0.3 is 18.4 Å². The van der Waals surface area contributed by atoms with Crippen LogP contribution in [0.2, 0.25) is 0 Å². The average molecular weight is 287 g/mol. The maximum atomic E-state index is 12.4. The highest BCUT2D eigenvalue weighted by atomic mass is 19.4. The summed E-state index contributed by atoms with van der Waals surface area (Å²) in [6.45, 7) is -0.650. The molecule has 0 radical (unpaired) electrons. The van der Waals surface area contributed by atoms with Crippen molar-refractivity contribution in [3.8, 4) is 0 Å². The van der Waals surface area contributed by atoms with Gasteiger partial charge in [0.25, 0.3) is 0 Å². The highest BCUT2D eigenvalue weighted by molar-refractivity contribution is 5.64. The van der Waals surface area contributed by atoms with Gasteiger partial charge in [-0.3, -0.25) is 0 Å². The Hall–Kier alpha value is -1.93. The molecule has 1 aromatic rings. The third-order valence-electron chi connectivity index (χ3n) is 2.09. The van der Waals surface area contributed by atoms with Crippen LogP contribution in [-0.4, -0.2) is 11.2 Å². The van der Waals surface area contributed by atoms with Gasteiger partial charge < -0.3 is 10.4 Å². The van der Waals surface area contributed by atoms with Gasteiger partial charge in [0.15, 0.2) is 0 Å². The van der Waals surface area contributed by atoms with Gasteiger partial charge in [-0.1, -0.05) is 0 Å². The Morgan fingerprint density at radius 2 is 1.42 bits per heavy atom.